The number of nitrogens with one attached hydrogen (secondary N) is 1. The van der Waals surface area contributed by atoms with E-state index < -0.39 is 11.5 Å². The Morgan fingerprint density at radius 1 is 1.23 bits per heavy atom. The number of benzene rings is 2. The van der Waals surface area contributed by atoms with Gasteiger partial charge in [-0.1, -0.05) is 28.1 Å². The molecule has 1 fully saturated rings. The van der Waals surface area contributed by atoms with Crippen LogP contribution in [-0.4, -0.2) is 31.7 Å². The zero-order valence-electron chi connectivity index (χ0n) is 14.3. The number of anilines is 1. The number of hydrogen-bond acceptors (Lipinski definition) is 6. The Kier molecular flexibility index (Phi) is 4.88. The van der Waals surface area contributed by atoms with E-state index in [1.807, 2.05) is 18.2 Å². The number of esters is 2. The number of fused-ring (bicyclic) bond motifs is 1. The van der Waals surface area contributed by atoms with Gasteiger partial charge in [-0.15, -0.1) is 0 Å². The van der Waals surface area contributed by atoms with Gasteiger partial charge in [-0.2, -0.15) is 5.26 Å². The predicted molar refractivity (Wildman–Crippen MR) is 99.7 cm³/mol. The number of hydrogen-bond donors (Lipinski definition) is 1. The van der Waals surface area contributed by atoms with Gasteiger partial charge in [0.15, 0.2) is 0 Å². The maximum atomic E-state index is 12.2. The lowest BCUT2D eigenvalue weighted by Crippen LogP contribution is -2.52. The summed E-state index contributed by atoms with van der Waals surface area (Å²) < 4.78 is 10.5. The van der Waals surface area contributed by atoms with E-state index in [4.69, 9.17) is 9.47 Å². The Morgan fingerprint density at radius 2 is 1.96 bits per heavy atom. The van der Waals surface area contributed by atoms with Gasteiger partial charge in [0.05, 0.1) is 31.8 Å². The second kappa shape index (κ2) is 6.96. The molecule has 0 saturated heterocycles. The van der Waals surface area contributed by atoms with Gasteiger partial charge in [-0.25, -0.2) is 4.79 Å². The zero-order valence-corrected chi connectivity index (χ0v) is 15.9. The standard InChI is InChI=1S/C19H17BrN2O4/c1-25-17(23)11-8-19(9-11,10-21)22-15-7-6-14(20)12-4-3-5-13(16(12)15)18(24)26-2/h3-7,11,22H,8-9H2,1-2H3. The summed E-state index contributed by atoms with van der Waals surface area (Å²) in [4.78, 5) is 23.9. The Balaban J connectivity index is 2.03. The van der Waals surface area contributed by atoms with Crippen LogP contribution < -0.4 is 5.32 Å². The van der Waals surface area contributed by atoms with Crippen molar-refractivity contribution in [3.8, 4) is 6.07 Å². The molecule has 0 aliphatic heterocycles. The van der Waals surface area contributed by atoms with Crippen LogP contribution in [0.4, 0.5) is 5.69 Å². The van der Waals surface area contributed by atoms with Crippen LogP contribution in [0.25, 0.3) is 10.8 Å². The first-order chi connectivity index (χ1) is 12.4. The molecule has 0 heterocycles. The molecule has 3 rings (SSSR count). The van der Waals surface area contributed by atoms with Crippen LogP contribution >= 0.6 is 15.9 Å². The first-order valence-electron chi connectivity index (χ1n) is 8.01. The average Bonchev–Trinajstić information content (AvgIpc) is 2.64. The molecule has 0 aromatic heterocycles. The van der Waals surface area contributed by atoms with E-state index in [9.17, 15) is 14.9 Å². The lowest BCUT2D eigenvalue weighted by atomic mass is 9.69. The fourth-order valence-corrected chi connectivity index (χ4v) is 3.81. The summed E-state index contributed by atoms with van der Waals surface area (Å²) in [7, 11) is 2.67. The lowest BCUT2D eigenvalue weighted by molar-refractivity contribution is -0.149. The second-order valence-corrected chi connectivity index (χ2v) is 7.12. The van der Waals surface area contributed by atoms with Crippen LogP contribution in [0.1, 0.15) is 23.2 Å². The molecule has 1 aliphatic carbocycles. The summed E-state index contributed by atoms with van der Waals surface area (Å²) in [6.07, 6.45) is 0.711. The molecule has 2 aromatic rings. The number of ether oxygens (including phenoxy) is 2. The normalized spacial score (nSPS) is 21.4. The lowest BCUT2D eigenvalue weighted by Gasteiger charge is -2.42. The molecule has 1 N–H and O–H groups in total. The molecule has 0 radical (unpaired) electrons. The molecule has 6 nitrogen and oxygen atoms in total. The van der Waals surface area contributed by atoms with Crippen LogP contribution in [-0.2, 0) is 14.3 Å². The van der Waals surface area contributed by atoms with Crippen LogP contribution in [0.2, 0.25) is 0 Å². The molecule has 0 bridgehead atoms. The van der Waals surface area contributed by atoms with Gasteiger partial charge in [-0.05, 0) is 36.4 Å². The van der Waals surface area contributed by atoms with Gasteiger partial charge in [0, 0.05) is 15.5 Å². The summed E-state index contributed by atoms with van der Waals surface area (Å²) in [5.41, 5.74) is 0.183. The summed E-state index contributed by atoms with van der Waals surface area (Å²) in [6, 6.07) is 11.3. The van der Waals surface area contributed by atoms with E-state index in [2.05, 4.69) is 27.3 Å². The van der Waals surface area contributed by atoms with E-state index in [-0.39, 0.29) is 11.9 Å². The minimum Gasteiger partial charge on any atom is -0.469 e. The van der Waals surface area contributed by atoms with Crippen molar-refractivity contribution >= 4 is 44.3 Å². The topological polar surface area (TPSA) is 88.4 Å². The highest BCUT2D eigenvalue weighted by Crippen LogP contribution is 2.43. The Bertz CT molecular complexity index is 929. The average molecular weight is 417 g/mol. The molecule has 134 valence electrons. The molecule has 0 spiro atoms. The summed E-state index contributed by atoms with van der Waals surface area (Å²) in [6.45, 7) is 0. The molecular weight excluding hydrogens is 400 g/mol. The van der Waals surface area contributed by atoms with Gasteiger partial charge < -0.3 is 14.8 Å². The minimum absolute atomic E-state index is 0.297. The maximum Gasteiger partial charge on any atom is 0.338 e. The van der Waals surface area contributed by atoms with Gasteiger partial charge in [-0.3, -0.25) is 4.79 Å². The quantitative estimate of drug-likeness (QED) is 0.765. The molecule has 1 aliphatic rings. The van der Waals surface area contributed by atoms with Crippen molar-refractivity contribution in [2.75, 3.05) is 19.5 Å². The highest BCUT2D eigenvalue weighted by molar-refractivity contribution is 9.10. The molecule has 7 heteroatoms. The summed E-state index contributed by atoms with van der Waals surface area (Å²) in [5.74, 6) is -1.06. The largest absolute Gasteiger partial charge is 0.469 e. The Labute approximate surface area is 159 Å². The number of carbonyl (C=O) groups is 2. The molecule has 0 amide bonds. The Hall–Kier alpha value is -2.59. The molecular formula is C19H17BrN2O4. The number of nitriles is 1. The molecule has 26 heavy (non-hydrogen) atoms. The van der Waals surface area contributed by atoms with E-state index >= 15 is 0 Å². The highest BCUT2D eigenvalue weighted by Gasteiger charge is 2.49. The van der Waals surface area contributed by atoms with Gasteiger partial charge in [0.1, 0.15) is 5.54 Å². The smallest absolute Gasteiger partial charge is 0.338 e. The molecule has 2 aromatic carbocycles. The number of halogens is 1. The maximum absolute atomic E-state index is 12.2. The van der Waals surface area contributed by atoms with E-state index in [1.165, 1.54) is 14.2 Å². The second-order valence-electron chi connectivity index (χ2n) is 6.26. The van der Waals surface area contributed by atoms with Crippen molar-refractivity contribution in [3.63, 3.8) is 0 Å². The number of rotatable bonds is 4. The van der Waals surface area contributed by atoms with Gasteiger partial charge in [0.2, 0.25) is 0 Å². The van der Waals surface area contributed by atoms with Gasteiger partial charge >= 0.3 is 11.9 Å². The summed E-state index contributed by atoms with van der Waals surface area (Å²) in [5, 5.41) is 14.4. The SMILES string of the molecule is COC(=O)c1cccc2c(Br)ccc(NC3(C#N)CC(C(=O)OC)C3)c12. The van der Waals surface area contributed by atoms with E-state index in [0.29, 0.717) is 29.5 Å². The first kappa shape index (κ1) is 18.2. The zero-order chi connectivity index (χ0) is 18.9. The van der Waals surface area contributed by atoms with Crippen LogP contribution in [0.15, 0.2) is 34.8 Å². The fourth-order valence-electron chi connectivity index (χ4n) is 3.35. The van der Waals surface area contributed by atoms with Crippen LogP contribution in [0.3, 0.4) is 0 Å². The third kappa shape index (κ3) is 3.01. The molecule has 1 saturated carbocycles. The molecule has 0 unspecified atom stereocenters. The third-order valence-corrected chi connectivity index (χ3v) is 5.40. The van der Waals surface area contributed by atoms with Crippen LogP contribution in [0, 0.1) is 17.2 Å². The fraction of sp³-hybridized carbons (Fsp3) is 0.316. The summed E-state index contributed by atoms with van der Waals surface area (Å²) >= 11 is 3.50. The Morgan fingerprint density at radius 3 is 2.58 bits per heavy atom. The number of carbonyl (C=O) groups excluding carboxylic acids is 2. The minimum atomic E-state index is -0.872. The highest BCUT2D eigenvalue weighted by atomic mass is 79.9. The van der Waals surface area contributed by atoms with E-state index in [1.54, 1.807) is 12.1 Å². The predicted octanol–water partition coefficient (Wildman–Crippen LogP) is 3.65. The van der Waals surface area contributed by atoms with Gasteiger partial charge in [0.25, 0.3) is 0 Å². The third-order valence-electron chi connectivity index (χ3n) is 4.70. The van der Waals surface area contributed by atoms with Crippen molar-refractivity contribution in [1.29, 1.82) is 5.26 Å². The molecule has 0 atom stereocenters. The monoisotopic (exact) mass is 416 g/mol. The van der Waals surface area contributed by atoms with Crippen molar-refractivity contribution in [3.05, 3.63) is 40.4 Å². The van der Waals surface area contributed by atoms with Crippen molar-refractivity contribution in [2.45, 2.75) is 18.4 Å². The first-order valence-corrected chi connectivity index (χ1v) is 8.81. The van der Waals surface area contributed by atoms with E-state index in [0.717, 1.165) is 9.86 Å². The van der Waals surface area contributed by atoms with Crippen LogP contribution in [0.5, 0.6) is 0 Å². The van der Waals surface area contributed by atoms with Crippen molar-refractivity contribution in [2.24, 2.45) is 5.92 Å². The van der Waals surface area contributed by atoms with Crippen molar-refractivity contribution in [1.82, 2.24) is 0 Å². The number of methoxy groups -OCH3 is 2. The van der Waals surface area contributed by atoms with Crippen molar-refractivity contribution < 1.29 is 19.1 Å². The number of nitrogens with zero attached hydrogens (tertiary/aromatic N) is 1.